The molecule has 0 saturated carbocycles. The zero-order valence-electron chi connectivity index (χ0n) is 19.5. The maximum Gasteiger partial charge on any atom is 0.416 e. The van der Waals surface area contributed by atoms with Crippen molar-refractivity contribution in [3.63, 3.8) is 0 Å². The van der Waals surface area contributed by atoms with Gasteiger partial charge >= 0.3 is 6.18 Å². The molecule has 1 aliphatic heterocycles. The third-order valence-electron chi connectivity index (χ3n) is 6.50. The third-order valence-corrected chi connectivity index (χ3v) is 6.50. The first-order chi connectivity index (χ1) is 15.4. The van der Waals surface area contributed by atoms with E-state index in [2.05, 4.69) is 5.32 Å². The molecule has 1 saturated heterocycles. The number of ether oxygens (including phenoxy) is 1. The van der Waals surface area contributed by atoms with Crippen LogP contribution in [0.5, 0.6) is 5.75 Å². The Morgan fingerprint density at radius 1 is 1.18 bits per heavy atom. The molecule has 2 amide bonds. The predicted octanol–water partition coefficient (Wildman–Crippen LogP) is 5.74. The van der Waals surface area contributed by atoms with Crippen LogP contribution in [-0.2, 0) is 15.8 Å². The number of benzene rings is 2. The molecule has 2 atom stereocenters. The van der Waals surface area contributed by atoms with Gasteiger partial charge in [0, 0.05) is 24.0 Å². The summed E-state index contributed by atoms with van der Waals surface area (Å²) in [5.74, 6) is -1.29. The number of rotatable bonds is 6. The highest BCUT2D eigenvalue weighted by molar-refractivity contribution is 6.07. The van der Waals surface area contributed by atoms with Crippen molar-refractivity contribution in [3.05, 3.63) is 53.1 Å². The predicted molar refractivity (Wildman–Crippen MR) is 121 cm³/mol. The molecule has 1 fully saturated rings. The van der Waals surface area contributed by atoms with Crippen LogP contribution in [0.4, 0.5) is 24.5 Å². The van der Waals surface area contributed by atoms with E-state index in [1.807, 2.05) is 39.0 Å². The first-order valence-corrected chi connectivity index (χ1v) is 11.0. The van der Waals surface area contributed by atoms with Crippen LogP contribution >= 0.6 is 0 Å². The van der Waals surface area contributed by atoms with Gasteiger partial charge in [-0.25, -0.2) is 0 Å². The molecule has 0 aliphatic carbocycles. The highest BCUT2D eigenvalue weighted by Gasteiger charge is 2.54. The van der Waals surface area contributed by atoms with Gasteiger partial charge in [-0.05, 0) is 50.5 Å². The number of carbonyl (C=O) groups excluding carboxylic acids is 2. The van der Waals surface area contributed by atoms with Gasteiger partial charge in [-0.1, -0.05) is 32.0 Å². The number of anilines is 2. The number of hydrogen-bond acceptors (Lipinski definition) is 3. The zero-order chi connectivity index (χ0) is 24.6. The Morgan fingerprint density at radius 3 is 2.36 bits per heavy atom. The van der Waals surface area contributed by atoms with Crippen LogP contribution < -0.4 is 15.0 Å². The van der Waals surface area contributed by atoms with E-state index in [0.29, 0.717) is 6.42 Å². The monoisotopic (exact) mass is 462 g/mol. The SMILES string of the molecule is CCOc1cc(NC(=O)[C@]2(CC)CN(c3c(C)cccc3C)C(=O)[C@H]2C)cc(C(F)(F)F)c1. The molecule has 5 nitrogen and oxygen atoms in total. The lowest BCUT2D eigenvalue weighted by Crippen LogP contribution is -2.42. The summed E-state index contributed by atoms with van der Waals surface area (Å²) in [5, 5.41) is 2.64. The Bertz CT molecular complexity index is 1050. The van der Waals surface area contributed by atoms with E-state index in [9.17, 15) is 22.8 Å². The van der Waals surface area contributed by atoms with E-state index in [-0.39, 0.29) is 30.5 Å². The van der Waals surface area contributed by atoms with Crippen molar-refractivity contribution in [1.82, 2.24) is 0 Å². The summed E-state index contributed by atoms with van der Waals surface area (Å²) in [4.78, 5) is 28.4. The van der Waals surface area contributed by atoms with Crippen LogP contribution in [-0.4, -0.2) is 25.0 Å². The second-order valence-corrected chi connectivity index (χ2v) is 8.53. The maximum absolute atomic E-state index is 13.5. The van der Waals surface area contributed by atoms with Gasteiger partial charge in [0.05, 0.1) is 23.5 Å². The minimum atomic E-state index is -4.59. The molecular weight excluding hydrogens is 433 g/mol. The number of halogens is 3. The molecule has 1 aliphatic rings. The van der Waals surface area contributed by atoms with E-state index >= 15 is 0 Å². The van der Waals surface area contributed by atoms with E-state index in [0.717, 1.165) is 28.9 Å². The highest BCUT2D eigenvalue weighted by Crippen LogP contribution is 2.44. The molecule has 8 heteroatoms. The lowest BCUT2D eigenvalue weighted by molar-refractivity contribution is -0.137. The summed E-state index contributed by atoms with van der Waals surface area (Å²) < 4.78 is 45.4. The molecule has 1 N–H and O–H groups in total. The number of alkyl halides is 3. The second kappa shape index (κ2) is 9.08. The average Bonchev–Trinajstić information content (AvgIpc) is 2.99. The Hall–Kier alpha value is -3.03. The Kier molecular flexibility index (Phi) is 6.77. The van der Waals surface area contributed by atoms with Crippen LogP contribution in [0.15, 0.2) is 36.4 Å². The summed E-state index contributed by atoms with van der Waals surface area (Å²) in [6, 6.07) is 8.87. The number of amides is 2. The van der Waals surface area contributed by atoms with Crippen molar-refractivity contribution in [2.24, 2.45) is 11.3 Å². The van der Waals surface area contributed by atoms with Gasteiger partial charge in [-0.3, -0.25) is 9.59 Å². The molecule has 3 rings (SSSR count). The second-order valence-electron chi connectivity index (χ2n) is 8.53. The van der Waals surface area contributed by atoms with Gasteiger partial charge in [-0.2, -0.15) is 13.2 Å². The van der Waals surface area contributed by atoms with E-state index in [4.69, 9.17) is 4.74 Å². The Morgan fingerprint density at radius 2 is 1.82 bits per heavy atom. The first-order valence-electron chi connectivity index (χ1n) is 11.0. The highest BCUT2D eigenvalue weighted by atomic mass is 19.4. The lowest BCUT2D eigenvalue weighted by atomic mass is 9.75. The van der Waals surface area contributed by atoms with E-state index < -0.39 is 29.0 Å². The smallest absolute Gasteiger partial charge is 0.416 e. The van der Waals surface area contributed by atoms with Gasteiger partial charge < -0.3 is 15.0 Å². The first kappa shape index (κ1) is 24.6. The van der Waals surface area contributed by atoms with E-state index in [1.54, 1.807) is 18.7 Å². The normalized spacial score (nSPS) is 20.8. The fourth-order valence-corrected chi connectivity index (χ4v) is 4.58. The Labute approximate surface area is 191 Å². The fourth-order valence-electron chi connectivity index (χ4n) is 4.58. The number of nitrogens with one attached hydrogen (secondary N) is 1. The van der Waals surface area contributed by atoms with Gasteiger partial charge in [-0.15, -0.1) is 0 Å². The molecular formula is C25H29F3N2O3. The summed E-state index contributed by atoms with van der Waals surface area (Å²) in [6.45, 7) is 9.33. The summed E-state index contributed by atoms with van der Waals surface area (Å²) >= 11 is 0. The standard InChI is InChI=1S/C25H29F3N2O3/c1-6-24(14-30(22(31)17(24)5)21-15(3)9-8-10-16(21)4)23(32)29-19-11-18(25(26,27)28)12-20(13-19)33-7-2/h8-13,17H,6-7,14H2,1-5H3,(H,29,32)/t17-,24-/m1/s1. The van der Waals surface area contributed by atoms with Crippen LogP contribution in [0.3, 0.4) is 0 Å². The van der Waals surface area contributed by atoms with Crippen molar-refractivity contribution in [3.8, 4) is 5.75 Å². The molecule has 1 heterocycles. The average molecular weight is 463 g/mol. The summed E-state index contributed by atoms with van der Waals surface area (Å²) in [6.07, 6.45) is -4.24. The van der Waals surface area contributed by atoms with Gasteiger partial charge in [0.25, 0.3) is 0 Å². The molecule has 33 heavy (non-hydrogen) atoms. The van der Waals surface area contributed by atoms with Gasteiger partial charge in [0.1, 0.15) is 5.75 Å². The van der Waals surface area contributed by atoms with Gasteiger partial charge in [0.15, 0.2) is 0 Å². The van der Waals surface area contributed by atoms with Crippen molar-refractivity contribution < 1.29 is 27.5 Å². The quantitative estimate of drug-likeness (QED) is 0.596. The number of nitrogens with zero attached hydrogens (tertiary/aromatic N) is 1. The fraction of sp³-hybridized carbons (Fsp3) is 0.440. The number of para-hydroxylation sites is 1. The molecule has 0 aromatic heterocycles. The van der Waals surface area contributed by atoms with E-state index in [1.165, 1.54) is 6.07 Å². The molecule has 0 bridgehead atoms. The van der Waals surface area contributed by atoms with Crippen molar-refractivity contribution in [1.29, 1.82) is 0 Å². The zero-order valence-corrected chi connectivity index (χ0v) is 19.5. The minimum absolute atomic E-state index is 0.0147. The number of aryl methyl sites for hydroxylation is 2. The van der Waals surface area contributed by atoms with Crippen molar-refractivity contribution in [2.45, 2.75) is 47.2 Å². The maximum atomic E-state index is 13.5. The van der Waals surface area contributed by atoms with Crippen molar-refractivity contribution in [2.75, 3.05) is 23.4 Å². The lowest BCUT2D eigenvalue weighted by Gasteiger charge is -2.30. The molecule has 2 aromatic rings. The summed E-state index contributed by atoms with van der Waals surface area (Å²) in [7, 11) is 0. The largest absolute Gasteiger partial charge is 0.494 e. The van der Waals surface area contributed by atoms with Crippen LogP contribution in [0.2, 0.25) is 0 Å². The molecule has 0 radical (unpaired) electrons. The van der Waals surface area contributed by atoms with Crippen LogP contribution in [0, 0.1) is 25.2 Å². The third kappa shape index (κ3) is 4.56. The molecule has 2 aromatic carbocycles. The van der Waals surface area contributed by atoms with Gasteiger partial charge in [0.2, 0.25) is 11.8 Å². The minimum Gasteiger partial charge on any atom is -0.494 e. The summed E-state index contributed by atoms with van der Waals surface area (Å²) in [5.41, 5.74) is 0.587. The topological polar surface area (TPSA) is 58.6 Å². The molecule has 0 unspecified atom stereocenters. The van der Waals surface area contributed by atoms with Crippen LogP contribution in [0.1, 0.15) is 43.9 Å². The number of hydrogen-bond donors (Lipinski definition) is 1. The van der Waals surface area contributed by atoms with Crippen molar-refractivity contribution >= 4 is 23.2 Å². The Balaban J connectivity index is 1.97. The number of carbonyl (C=O) groups is 2. The van der Waals surface area contributed by atoms with Crippen LogP contribution in [0.25, 0.3) is 0 Å². The molecule has 178 valence electrons. The molecule has 0 spiro atoms.